The molecule has 0 spiro atoms. The average Bonchev–Trinajstić information content (AvgIpc) is 1.65. The van der Waals surface area contributed by atoms with Crippen LogP contribution in [0, 0.1) is 0 Å². The number of methoxy groups -OCH3 is 1. The molecule has 0 heterocycles. The first-order valence-corrected chi connectivity index (χ1v) is 2.84. The van der Waals surface area contributed by atoms with E-state index in [0.717, 1.165) is 6.42 Å². The predicted octanol–water partition coefficient (Wildman–Crippen LogP) is 1.99. The fraction of sp³-hybridized carbons (Fsp3) is 0.714. The van der Waals surface area contributed by atoms with E-state index in [-0.39, 0.29) is 0 Å². The zero-order valence-corrected chi connectivity index (χ0v) is 5.90. The molecule has 0 radical (unpaired) electrons. The third-order valence-corrected chi connectivity index (χ3v) is 1.04. The molecule has 0 saturated heterocycles. The highest BCUT2D eigenvalue weighted by Crippen LogP contribution is 2.02. The Balaban J connectivity index is 3.24. The third-order valence-electron chi connectivity index (χ3n) is 1.04. The Kier molecular flexibility index (Phi) is 3.53. The molecule has 0 bridgehead atoms. The van der Waals surface area contributed by atoms with Gasteiger partial charge in [0.2, 0.25) is 0 Å². The predicted molar refractivity (Wildman–Crippen MR) is 35.9 cm³/mol. The SMILES string of the molecule is C=C(C)CC(C)OC. The van der Waals surface area contributed by atoms with E-state index in [0.29, 0.717) is 6.10 Å². The van der Waals surface area contributed by atoms with Crippen molar-refractivity contribution in [1.82, 2.24) is 0 Å². The summed E-state index contributed by atoms with van der Waals surface area (Å²) in [6, 6.07) is 0. The second-order valence-corrected chi connectivity index (χ2v) is 2.21. The Morgan fingerprint density at radius 3 is 2.38 bits per heavy atom. The molecule has 1 unspecified atom stereocenters. The second-order valence-electron chi connectivity index (χ2n) is 2.21. The van der Waals surface area contributed by atoms with Crippen molar-refractivity contribution in [2.45, 2.75) is 26.4 Å². The largest absolute Gasteiger partial charge is 0.381 e. The van der Waals surface area contributed by atoms with Gasteiger partial charge in [0.25, 0.3) is 0 Å². The van der Waals surface area contributed by atoms with Crippen LogP contribution in [0.3, 0.4) is 0 Å². The molecule has 0 aliphatic rings. The number of ether oxygens (including phenoxy) is 1. The fourth-order valence-corrected chi connectivity index (χ4v) is 0.574. The minimum atomic E-state index is 0.326. The lowest BCUT2D eigenvalue weighted by atomic mass is 10.2. The molecule has 8 heavy (non-hydrogen) atoms. The van der Waals surface area contributed by atoms with Crippen molar-refractivity contribution in [2.24, 2.45) is 0 Å². The maximum atomic E-state index is 5.00. The Morgan fingerprint density at radius 2 is 2.25 bits per heavy atom. The first kappa shape index (κ1) is 7.70. The van der Waals surface area contributed by atoms with Crippen LogP contribution in [0.2, 0.25) is 0 Å². The van der Waals surface area contributed by atoms with Gasteiger partial charge in [-0.3, -0.25) is 0 Å². The standard InChI is InChI=1S/C7H14O/c1-6(2)5-7(3)8-4/h7H,1,5H2,2-4H3. The van der Waals surface area contributed by atoms with Gasteiger partial charge in [-0.2, -0.15) is 0 Å². The molecule has 1 heteroatoms. The first-order chi connectivity index (χ1) is 3.66. The van der Waals surface area contributed by atoms with Gasteiger partial charge in [0, 0.05) is 7.11 Å². The Bertz CT molecular complexity index is 76.5. The summed E-state index contributed by atoms with van der Waals surface area (Å²) in [5, 5.41) is 0. The van der Waals surface area contributed by atoms with Crippen LogP contribution in [0.25, 0.3) is 0 Å². The molecule has 0 aliphatic heterocycles. The van der Waals surface area contributed by atoms with Crippen LogP contribution >= 0.6 is 0 Å². The molecule has 1 atom stereocenters. The van der Waals surface area contributed by atoms with Crippen molar-refractivity contribution in [3.63, 3.8) is 0 Å². The lowest BCUT2D eigenvalue weighted by molar-refractivity contribution is 0.119. The second kappa shape index (κ2) is 3.67. The van der Waals surface area contributed by atoms with Crippen LogP contribution in [-0.2, 0) is 4.74 Å². The van der Waals surface area contributed by atoms with Gasteiger partial charge >= 0.3 is 0 Å². The molecule has 0 saturated carbocycles. The summed E-state index contributed by atoms with van der Waals surface area (Å²) < 4.78 is 5.00. The Labute approximate surface area is 51.4 Å². The fourth-order valence-electron chi connectivity index (χ4n) is 0.574. The molecule has 0 aromatic rings. The van der Waals surface area contributed by atoms with Gasteiger partial charge in [0.15, 0.2) is 0 Å². The quantitative estimate of drug-likeness (QED) is 0.510. The van der Waals surface area contributed by atoms with Crippen LogP contribution in [0.4, 0.5) is 0 Å². The van der Waals surface area contributed by atoms with Crippen LogP contribution in [0.15, 0.2) is 12.2 Å². The highest BCUT2D eigenvalue weighted by molar-refractivity contribution is 4.89. The van der Waals surface area contributed by atoms with Crippen LogP contribution < -0.4 is 0 Å². The van der Waals surface area contributed by atoms with E-state index in [1.165, 1.54) is 5.57 Å². The molecule has 0 aliphatic carbocycles. The Morgan fingerprint density at radius 1 is 1.75 bits per heavy atom. The highest BCUT2D eigenvalue weighted by atomic mass is 16.5. The van der Waals surface area contributed by atoms with Gasteiger partial charge in [0.1, 0.15) is 0 Å². The molecular weight excluding hydrogens is 100 g/mol. The van der Waals surface area contributed by atoms with E-state index in [1.807, 2.05) is 13.8 Å². The summed E-state index contributed by atoms with van der Waals surface area (Å²) >= 11 is 0. The lowest BCUT2D eigenvalue weighted by Crippen LogP contribution is -2.03. The molecule has 48 valence electrons. The molecule has 0 aromatic heterocycles. The lowest BCUT2D eigenvalue weighted by Gasteiger charge is -2.06. The van der Waals surface area contributed by atoms with E-state index < -0.39 is 0 Å². The number of rotatable bonds is 3. The van der Waals surface area contributed by atoms with Gasteiger partial charge in [-0.05, 0) is 20.3 Å². The van der Waals surface area contributed by atoms with Crippen molar-refractivity contribution in [2.75, 3.05) is 7.11 Å². The zero-order valence-electron chi connectivity index (χ0n) is 5.90. The topological polar surface area (TPSA) is 9.23 Å². The molecular formula is C7H14O. The van der Waals surface area contributed by atoms with Gasteiger partial charge in [-0.1, -0.05) is 5.57 Å². The molecule has 0 aromatic carbocycles. The maximum Gasteiger partial charge on any atom is 0.0580 e. The smallest absolute Gasteiger partial charge is 0.0580 e. The van der Waals surface area contributed by atoms with E-state index in [2.05, 4.69) is 6.58 Å². The highest BCUT2D eigenvalue weighted by Gasteiger charge is 1.96. The van der Waals surface area contributed by atoms with Crippen molar-refractivity contribution in [3.05, 3.63) is 12.2 Å². The summed E-state index contributed by atoms with van der Waals surface area (Å²) in [5.74, 6) is 0. The van der Waals surface area contributed by atoms with Crippen molar-refractivity contribution in [1.29, 1.82) is 0 Å². The van der Waals surface area contributed by atoms with E-state index in [4.69, 9.17) is 4.74 Å². The summed E-state index contributed by atoms with van der Waals surface area (Å²) in [4.78, 5) is 0. The molecule has 0 rings (SSSR count). The maximum absolute atomic E-state index is 5.00. The number of hydrogen-bond donors (Lipinski definition) is 0. The monoisotopic (exact) mass is 114 g/mol. The van der Waals surface area contributed by atoms with Crippen molar-refractivity contribution < 1.29 is 4.74 Å². The van der Waals surface area contributed by atoms with E-state index in [1.54, 1.807) is 7.11 Å². The van der Waals surface area contributed by atoms with Crippen molar-refractivity contribution in [3.8, 4) is 0 Å². The summed E-state index contributed by atoms with van der Waals surface area (Å²) in [6.45, 7) is 7.81. The van der Waals surface area contributed by atoms with Crippen molar-refractivity contribution >= 4 is 0 Å². The van der Waals surface area contributed by atoms with Gasteiger partial charge in [-0.25, -0.2) is 0 Å². The molecule has 0 amide bonds. The minimum absolute atomic E-state index is 0.326. The van der Waals surface area contributed by atoms with Gasteiger partial charge < -0.3 is 4.74 Å². The molecule has 0 N–H and O–H groups in total. The van der Waals surface area contributed by atoms with Gasteiger partial charge in [-0.15, -0.1) is 6.58 Å². The van der Waals surface area contributed by atoms with Gasteiger partial charge in [0.05, 0.1) is 6.10 Å². The first-order valence-electron chi connectivity index (χ1n) is 2.84. The molecule has 1 nitrogen and oxygen atoms in total. The number of hydrogen-bond acceptors (Lipinski definition) is 1. The zero-order chi connectivity index (χ0) is 6.57. The van der Waals surface area contributed by atoms with Crippen LogP contribution in [-0.4, -0.2) is 13.2 Å². The molecule has 0 fully saturated rings. The van der Waals surface area contributed by atoms with E-state index >= 15 is 0 Å². The van der Waals surface area contributed by atoms with Crippen LogP contribution in [0.1, 0.15) is 20.3 Å². The van der Waals surface area contributed by atoms with Crippen LogP contribution in [0.5, 0.6) is 0 Å². The Hall–Kier alpha value is -0.300. The summed E-state index contributed by atoms with van der Waals surface area (Å²) in [5.41, 5.74) is 1.18. The average molecular weight is 114 g/mol. The third kappa shape index (κ3) is 3.88. The normalized spacial score (nSPS) is 13.4. The summed E-state index contributed by atoms with van der Waals surface area (Å²) in [6.07, 6.45) is 1.30. The van der Waals surface area contributed by atoms with E-state index in [9.17, 15) is 0 Å². The minimum Gasteiger partial charge on any atom is -0.381 e. The summed E-state index contributed by atoms with van der Waals surface area (Å²) in [7, 11) is 1.72.